The third-order valence-electron chi connectivity index (χ3n) is 3.06. The number of benzene rings is 2. The Morgan fingerprint density at radius 1 is 0.947 bits per heavy atom. The van der Waals surface area contributed by atoms with Gasteiger partial charge in [0.15, 0.2) is 0 Å². The molecule has 3 aromatic rings. The van der Waals surface area contributed by atoms with E-state index < -0.39 is 0 Å². The summed E-state index contributed by atoms with van der Waals surface area (Å²) in [7, 11) is 1.65. The summed E-state index contributed by atoms with van der Waals surface area (Å²) in [5.41, 5.74) is 2.81. The van der Waals surface area contributed by atoms with Crippen molar-refractivity contribution in [3.8, 4) is 22.8 Å². The van der Waals surface area contributed by atoms with Crippen LogP contribution in [-0.2, 0) is 0 Å². The number of aromatic nitrogens is 1. The van der Waals surface area contributed by atoms with Gasteiger partial charge in [-0.05, 0) is 48.5 Å². The quantitative estimate of drug-likeness (QED) is 0.756. The maximum atomic E-state index is 9.43. The smallest absolute Gasteiger partial charge is 0.118 e. The number of phenolic OH excluding ortho intramolecular Hbond substituents is 1. The first kappa shape index (κ1) is 11.5. The highest BCUT2D eigenvalue weighted by Gasteiger charge is 2.02. The van der Waals surface area contributed by atoms with Crippen molar-refractivity contribution in [2.75, 3.05) is 7.11 Å². The molecule has 0 unspecified atom stereocenters. The van der Waals surface area contributed by atoms with Crippen molar-refractivity contribution < 1.29 is 9.84 Å². The van der Waals surface area contributed by atoms with Crippen LogP contribution in [0.5, 0.6) is 11.5 Å². The average molecular weight is 251 g/mol. The summed E-state index contributed by atoms with van der Waals surface area (Å²) in [6, 6.07) is 16.9. The van der Waals surface area contributed by atoms with Crippen LogP contribution in [0, 0.1) is 0 Å². The topological polar surface area (TPSA) is 42.4 Å². The molecule has 1 aromatic heterocycles. The summed E-state index contributed by atoms with van der Waals surface area (Å²) in [5, 5.41) is 10.4. The van der Waals surface area contributed by atoms with Crippen molar-refractivity contribution in [3.63, 3.8) is 0 Å². The lowest BCUT2D eigenvalue weighted by Gasteiger charge is -2.05. The van der Waals surface area contributed by atoms with Crippen molar-refractivity contribution >= 4 is 10.9 Å². The van der Waals surface area contributed by atoms with Gasteiger partial charge < -0.3 is 9.84 Å². The average Bonchev–Trinajstić information content (AvgIpc) is 2.47. The maximum Gasteiger partial charge on any atom is 0.118 e. The minimum Gasteiger partial charge on any atom is -0.508 e. The third kappa shape index (κ3) is 2.22. The number of nitrogens with zero attached hydrogens (tertiary/aromatic N) is 1. The minimum absolute atomic E-state index is 0.256. The molecule has 1 heterocycles. The molecule has 0 aliphatic carbocycles. The van der Waals surface area contributed by atoms with Crippen molar-refractivity contribution in [3.05, 3.63) is 54.6 Å². The number of ether oxygens (including phenoxy) is 1. The third-order valence-corrected chi connectivity index (χ3v) is 3.06. The second-order valence-corrected chi connectivity index (χ2v) is 4.30. The molecule has 0 radical (unpaired) electrons. The molecule has 0 aliphatic heterocycles. The zero-order valence-electron chi connectivity index (χ0n) is 10.5. The molecule has 0 saturated carbocycles. The maximum absolute atomic E-state index is 9.43. The van der Waals surface area contributed by atoms with Crippen LogP contribution in [0.25, 0.3) is 22.2 Å². The van der Waals surface area contributed by atoms with Crippen LogP contribution < -0.4 is 4.74 Å². The summed E-state index contributed by atoms with van der Waals surface area (Å²) >= 11 is 0. The van der Waals surface area contributed by atoms with Crippen molar-refractivity contribution in [2.45, 2.75) is 0 Å². The van der Waals surface area contributed by atoms with E-state index in [-0.39, 0.29) is 5.75 Å². The van der Waals surface area contributed by atoms with Gasteiger partial charge in [-0.25, -0.2) is 4.98 Å². The number of hydrogen-bond acceptors (Lipinski definition) is 3. The van der Waals surface area contributed by atoms with Gasteiger partial charge in [0, 0.05) is 10.9 Å². The van der Waals surface area contributed by atoms with Crippen LogP contribution in [0.4, 0.5) is 0 Å². The molecule has 0 saturated heterocycles. The van der Waals surface area contributed by atoms with Crippen LogP contribution in [0.1, 0.15) is 0 Å². The normalized spacial score (nSPS) is 10.6. The van der Waals surface area contributed by atoms with E-state index in [1.807, 2.05) is 42.5 Å². The Morgan fingerprint density at radius 2 is 1.74 bits per heavy atom. The molecule has 0 spiro atoms. The molecule has 3 nitrogen and oxygen atoms in total. The first-order valence-corrected chi connectivity index (χ1v) is 6.00. The van der Waals surface area contributed by atoms with E-state index in [4.69, 9.17) is 4.74 Å². The van der Waals surface area contributed by atoms with Gasteiger partial charge in [-0.1, -0.05) is 6.07 Å². The molecular formula is C16H13NO2. The summed E-state index contributed by atoms with van der Waals surface area (Å²) < 4.78 is 5.14. The van der Waals surface area contributed by atoms with E-state index >= 15 is 0 Å². The number of phenols is 1. The van der Waals surface area contributed by atoms with Gasteiger partial charge in [0.25, 0.3) is 0 Å². The van der Waals surface area contributed by atoms with E-state index in [1.54, 1.807) is 19.2 Å². The number of methoxy groups -OCH3 is 1. The zero-order valence-corrected chi connectivity index (χ0v) is 10.5. The van der Waals surface area contributed by atoms with Gasteiger partial charge >= 0.3 is 0 Å². The Bertz CT molecular complexity index is 720. The number of hydrogen-bond donors (Lipinski definition) is 1. The molecule has 3 heteroatoms. The summed E-state index contributed by atoms with van der Waals surface area (Å²) in [4.78, 5) is 4.59. The molecule has 1 N–H and O–H groups in total. The fourth-order valence-corrected chi connectivity index (χ4v) is 2.04. The van der Waals surface area contributed by atoms with Crippen LogP contribution >= 0.6 is 0 Å². The molecule has 2 aromatic carbocycles. The zero-order chi connectivity index (χ0) is 13.2. The Hall–Kier alpha value is -2.55. The lowest BCUT2D eigenvalue weighted by molar-refractivity contribution is 0.415. The van der Waals surface area contributed by atoms with Gasteiger partial charge in [0.1, 0.15) is 11.5 Å². The van der Waals surface area contributed by atoms with Crippen LogP contribution in [0.15, 0.2) is 54.6 Å². The number of aromatic hydroxyl groups is 1. The van der Waals surface area contributed by atoms with Gasteiger partial charge in [0.05, 0.1) is 18.3 Å². The molecular weight excluding hydrogens is 238 g/mol. The Balaban J connectivity index is 2.06. The standard InChI is InChI=1S/C16H13NO2/c1-19-14-6-2-11(3-7-14)15-8-4-12-10-13(18)5-9-16(12)17-15/h2-10,18H,1H3. The van der Waals surface area contributed by atoms with Gasteiger partial charge in [-0.15, -0.1) is 0 Å². The highest BCUT2D eigenvalue weighted by molar-refractivity contribution is 5.82. The van der Waals surface area contributed by atoms with E-state index in [2.05, 4.69) is 4.98 Å². The van der Waals surface area contributed by atoms with Crippen molar-refractivity contribution in [1.82, 2.24) is 4.98 Å². The number of pyridine rings is 1. The minimum atomic E-state index is 0.256. The van der Waals surface area contributed by atoms with E-state index in [0.717, 1.165) is 27.9 Å². The fourth-order valence-electron chi connectivity index (χ4n) is 2.04. The lowest BCUT2D eigenvalue weighted by Crippen LogP contribution is -1.86. The summed E-state index contributed by atoms with van der Waals surface area (Å²) in [6.45, 7) is 0. The Morgan fingerprint density at radius 3 is 2.47 bits per heavy atom. The van der Waals surface area contributed by atoms with E-state index in [1.165, 1.54) is 0 Å². The van der Waals surface area contributed by atoms with Crippen LogP contribution in [-0.4, -0.2) is 17.2 Å². The lowest BCUT2D eigenvalue weighted by atomic mass is 10.1. The Labute approximate surface area is 111 Å². The molecule has 0 fully saturated rings. The predicted molar refractivity (Wildman–Crippen MR) is 75.4 cm³/mol. The van der Waals surface area contributed by atoms with E-state index in [0.29, 0.717) is 0 Å². The molecule has 0 amide bonds. The highest BCUT2D eigenvalue weighted by Crippen LogP contribution is 2.24. The highest BCUT2D eigenvalue weighted by atomic mass is 16.5. The Kier molecular flexibility index (Phi) is 2.80. The van der Waals surface area contributed by atoms with Crippen LogP contribution in [0.2, 0.25) is 0 Å². The second-order valence-electron chi connectivity index (χ2n) is 4.30. The molecule has 0 bridgehead atoms. The first-order valence-electron chi connectivity index (χ1n) is 6.00. The molecule has 3 rings (SSSR count). The number of rotatable bonds is 2. The number of fused-ring (bicyclic) bond motifs is 1. The van der Waals surface area contributed by atoms with E-state index in [9.17, 15) is 5.11 Å². The van der Waals surface area contributed by atoms with Gasteiger partial charge in [-0.3, -0.25) is 0 Å². The second kappa shape index (κ2) is 4.61. The van der Waals surface area contributed by atoms with Gasteiger partial charge in [-0.2, -0.15) is 0 Å². The van der Waals surface area contributed by atoms with Crippen molar-refractivity contribution in [2.24, 2.45) is 0 Å². The largest absolute Gasteiger partial charge is 0.508 e. The summed E-state index contributed by atoms with van der Waals surface area (Å²) in [6.07, 6.45) is 0. The molecule has 0 aliphatic rings. The SMILES string of the molecule is COc1ccc(-c2ccc3cc(O)ccc3n2)cc1. The van der Waals surface area contributed by atoms with Crippen molar-refractivity contribution in [1.29, 1.82) is 0 Å². The fraction of sp³-hybridized carbons (Fsp3) is 0.0625. The first-order chi connectivity index (χ1) is 9.26. The molecule has 0 atom stereocenters. The van der Waals surface area contributed by atoms with Crippen LogP contribution in [0.3, 0.4) is 0 Å². The summed E-state index contributed by atoms with van der Waals surface area (Å²) in [5.74, 6) is 1.08. The molecule has 94 valence electrons. The van der Waals surface area contributed by atoms with Gasteiger partial charge in [0.2, 0.25) is 0 Å². The monoisotopic (exact) mass is 251 g/mol. The predicted octanol–water partition coefficient (Wildman–Crippen LogP) is 3.62. The molecule has 19 heavy (non-hydrogen) atoms.